The molecule has 0 atom stereocenters. The average Bonchev–Trinajstić information content (AvgIpc) is 3.25. The molecule has 0 radical (unpaired) electrons. The largest absolute Gasteiger partial charge is 0.477 e. The monoisotopic (exact) mass is 458 g/mol. The molecule has 0 aliphatic carbocycles. The average molecular weight is 459 g/mol. The van der Waals surface area contributed by atoms with Crippen molar-refractivity contribution in [1.29, 1.82) is 0 Å². The van der Waals surface area contributed by atoms with Crippen LogP contribution in [0.5, 0.6) is 0 Å². The van der Waals surface area contributed by atoms with E-state index in [1.807, 2.05) is 13.8 Å². The van der Waals surface area contributed by atoms with Crippen LogP contribution >= 0.6 is 0 Å². The molecular formula is C27H42N2O4. The summed E-state index contributed by atoms with van der Waals surface area (Å²) in [7, 11) is 0. The van der Waals surface area contributed by atoms with Crippen molar-refractivity contribution in [1.82, 2.24) is 9.97 Å². The first kappa shape index (κ1) is 26.7. The number of aromatic carboxylic acids is 2. The van der Waals surface area contributed by atoms with E-state index in [1.54, 1.807) is 0 Å². The van der Waals surface area contributed by atoms with Gasteiger partial charge in [0.05, 0.1) is 0 Å². The highest BCUT2D eigenvalue weighted by Crippen LogP contribution is 2.28. The van der Waals surface area contributed by atoms with Crippen LogP contribution in [0.4, 0.5) is 0 Å². The Hall–Kier alpha value is -2.50. The first-order chi connectivity index (χ1) is 15.8. The number of aromatic nitrogens is 2. The van der Waals surface area contributed by atoms with Crippen LogP contribution < -0.4 is 0 Å². The molecular weight excluding hydrogens is 416 g/mol. The lowest BCUT2D eigenvalue weighted by Crippen LogP contribution is -2.01. The maximum absolute atomic E-state index is 11.8. The molecule has 0 aliphatic heterocycles. The summed E-state index contributed by atoms with van der Waals surface area (Å²) in [6.45, 7) is 8.14. The van der Waals surface area contributed by atoms with E-state index in [9.17, 15) is 19.8 Å². The lowest BCUT2D eigenvalue weighted by atomic mass is 9.97. The molecule has 2 heterocycles. The van der Waals surface area contributed by atoms with Crippen molar-refractivity contribution < 1.29 is 19.8 Å². The van der Waals surface area contributed by atoms with Crippen LogP contribution in [0.15, 0.2) is 0 Å². The van der Waals surface area contributed by atoms with Crippen LogP contribution in [0, 0.1) is 13.8 Å². The van der Waals surface area contributed by atoms with Gasteiger partial charge in [-0.1, -0.05) is 65.2 Å². The van der Waals surface area contributed by atoms with E-state index in [0.717, 1.165) is 72.2 Å². The SMILES string of the molecule is CCCCCCCc1c(Cc2[nH]c(C(=O)O)c(C)c2CCCCCCC)[nH]c(C(=O)O)c1C. The highest BCUT2D eigenvalue weighted by atomic mass is 16.4. The lowest BCUT2D eigenvalue weighted by molar-refractivity contribution is 0.0679. The molecule has 2 aromatic rings. The third-order valence-corrected chi connectivity index (χ3v) is 6.78. The number of carboxylic acids is 2. The zero-order chi connectivity index (χ0) is 24.4. The van der Waals surface area contributed by atoms with E-state index in [0.29, 0.717) is 6.42 Å². The van der Waals surface area contributed by atoms with E-state index < -0.39 is 11.9 Å². The molecule has 184 valence electrons. The van der Waals surface area contributed by atoms with Gasteiger partial charge in [-0.15, -0.1) is 0 Å². The molecule has 2 aromatic heterocycles. The third-order valence-electron chi connectivity index (χ3n) is 6.78. The molecule has 0 unspecified atom stereocenters. The topological polar surface area (TPSA) is 106 Å². The molecule has 6 heteroatoms. The summed E-state index contributed by atoms with van der Waals surface area (Å²) in [6, 6.07) is 0. The van der Waals surface area contributed by atoms with Crippen molar-refractivity contribution in [2.45, 2.75) is 111 Å². The second-order valence-electron chi connectivity index (χ2n) is 9.28. The zero-order valence-electron chi connectivity index (χ0n) is 20.9. The second kappa shape index (κ2) is 13.3. The van der Waals surface area contributed by atoms with Crippen molar-refractivity contribution in [2.24, 2.45) is 0 Å². The number of rotatable bonds is 16. The van der Waals surface area contributed by atoms with Gasteiger partial charge in [0.15, 0.2) is 0 Å². The lowest BCUT2D eigenvalue weighted by Gasteiger charge is -2.09. The van der Waals surface area contributed by atoms with Gasteiger partial charge in [0.1, 0.15) is 11.4 Å². The van der Waals surface area contributed by atoms with Gasteiger partial charge >= 0.3 is 11.9 Å². The van der Waals surface area contributed by atoms with Gasteiger partial charge in [-0.2, -0.15) is 0 Å². The summed E-state index contributed by atoms with van der Waals surface area (Å²) >= 11 is 0. The van der Waals surface area contributed by atoms with E-state index in [1.165, 1.54) is 38.5 Å². The smallest absolute Gasteiger partial charge is 0.352 e. The number of aromatic amines is 2. The van der Waals surface area contributed by atoms with Gasteiger partial charge in [-0.05, 0) is 61.8 Å². The van der Waals surface area contributed by atoms with Gasteiger partial charge in [-0.3, -0.25) is 0 Å². The summed E-state index contributed by atoms with van der Waals surface area (Å²) in [5.41, 5.74) is 6.03. The number of H-pyrrole nitrogens is 2. The minimum atomic E-state index is -0.948. The molecule has 0 amide bonds. The highest BCUT2D eigenvalue weighted by Gasteiger charge is 2.23. The Morgan fingerprint density at radius 2 is 1.00 bits per heavy atom. The van der Waals surface area contributed by atoms with Crippen LogP contribution in [0.1, 0.15) is 133 Å². The molecule has 0 aromatic carbocycles. The fourth-order valence-corrected chi connectivity index (χ4v) is 4.79. The Morgan fingerprint density at radius 1 is 0.636 bits per heavy atom. The van der Waals surface area contributed by atoms with Gasteiger partial charge < -0.3 is 20.2 Å². The Bertz CT molecular complexity index is 849. The van der Waals surface area contributed by atoms with Crippen molar-refractivity contribution in [2.75, 3.05) is 0 Å². The van der Waals surface area contributed by atoms with Gasteiger partial charge in [0, 0.05) is 17.8 Å². The Kier molecular flexibility index (Phi) is 10.8. The standard InChI is InChI=1S/C27H42N2O4/c1-5-7-9-11-13-15-20-18(3)24(26(30)31)28-22(20)17-23-21(16-14-12-10-8-6-2)19(4)25(29-23)27(32)33/h28-29H,5-17H2,1-4H3,(H,30,31)(H,32,33). The van der Waals surface area contributed by atoms with Crippen LogP contribution in [-0.4, -0.2) is 32.1 Å². The van der Waals surface area contributed by atoms with Crippen molar-refractivity contribution in [3.05, 3.63) is 45.0 Å². The zero-order valence-corrected chi connectivity index (χ0v) is 20.9. The quantitative estimate of drug-likeness (QED) is 0.204. The van der Waals surface area contributed by atoms with Crippen LogP contribution in [0.25, 0.3) is 0 Å². The van der Waals surface area contributed by atoms with Gasteiger partial charge in [-0.25, -0.2) is 9.59 Å². The molecule has 0 saturated carbocycles. The second-order valence-corrected chi connectivity index (χ2v) is 9.28. The maximum Gasteiger partial charge on any atom is 0.352 e. The van der Waals surface area contributed by atoms with Crippen molar-refractivity contribution >= 4 is 11.9 Å². The van der Waals surface area contributed by atoms with E-state index in [-0.39, 0.29) is 11.4 Å². The molecule has 2 rings (SSSR count). The Balaban J connectivity index is 2.29. The molecule has 0 saturated heterocycles. The Labute approximate surface area is 198 Å². The predicted molar refractivity (Wildman–Crippen MR) is 133 cm³/mol. The van der Waals surface area contributed by atoms with E-state index in [4.69, 9.17) is 0 Å². The fourth-order valence-electron chi connectivity index (χ4n) is 4.79. The highest BCUT2D eigenvalue weighted by molar-refractivity contribution is 5.89. The number of carbonyl (C=O) groups is 2. The number of hydrogen-bond acceptors (Lipinski definition) is 2. The number of hydrogen-bond donors (Lipinski definition) is 4. The van der Waals surface area contributed by atoms with Crippen LogP contribution in [0.2, 0.25) is 0 Å². The summed E-state index contributed by atoms with van der Waals surface area (Å²) in [6.07, 6.45) is 13.7. The van der Waals surface area contributed by atoms with Crippen LogP contribution in [-0.2, 0) is 19.3 Å². The number of carboxylic acid groups (broad SMARTS) is 2. The summed E-state index contributed by atoms with van der Waals surface area (Å²) in [4.78, 5) is 29.9. The molecule has 4 N–H and O–H groups in total. The molecule has 0 fully saturated rings. The van der Waals surface area contributed by atoms with Gasteiger partial charge in [0.2, 0.25) is 0 Å². The molecule has 33 heavy (non-hydrogen) atoms. The molecule has 0 aliphatic rings. The molecule has 6 nitrogen and oxygen atoms in total. The summed E-state index contributed by atoms with van der Waals surface area (Å²) in [5, 5.41) is 19.3. The van der Waals surface area contributed by atoms with E-state index in [2.05, 4.69) is 23.8 Å². The minimum absolute atomic E-state index is 0.247. The summed E-state index contributed by atoms with van der Waals surface area (Å²) in [5.74, 6) is -1.90. The summed E-state index contributed by atoms with van der Waals surface area (Å²) < 4.78 is 0. The normalized spacial score (nSPS) is 11.3. The predicted octanol–water partition coefficient (Wildman–Crippen LogP) is 6.97. The van der Waals surface area contributed by atoms with Crippen molar-refractivity contribution in [3.63, 3.8) is 0 Å². The maximum atomic E-state index is 11.8. The van der Waals surface area contributed by atoms with Gasteiger partial charge in [0.25, 0.3) is 0 Å². The number of unbranched alkanes of at least 4 members (excludes halogenated alkanes) is 8. The first-order valence-corrected chi connectivity index (χ1v) is 12.7. The Morgan fingerprint density at radius 3 is 1.33 bits per heavy atom. The molecule has 0 spiro atoms. The fraction of sp³-hybridized carbons (Fsp3) is 0.630. The molecule has 0 bridgehead atoms. The third kappa shape index (κ3) is 7.24. The minimum Gasteiger partial charge on any atom is -0.477 e. The van der Waals surface area contributed by atoms with E-state index >= 15 is 0 Å². The van der Waals surface area contributed by atoms with Crippen molar-refractivity contribution in [3.8, 4) is 0 Å². The van der Waals surface area contributed by atoms with Crippen LogP contribution in [0.3, 0.4) is 0 Å². The number of nitrogens with one attached hydrogen (secondary N) is 2. The first-order valence-electron chi connectivity index (χ1n) is 12.7.